The van der Waals surface area contributed by atoms with Gasteiger partial charge in [-0.3, -0.25) is 0 Å². The van der Waals surface area contributed by atoms with E-state index >= 15 is 0 Å². The summed E-state index contributed by atoms with van der Waals surface area (Å²) in [5.74, 6) is 0. The number of rotatable bonds is 5. The lowest BCUT2D eigenvalue weighted by molar-refractivity contribution is 0.594. The molecule has 1 heterocycles. The van der Waals surface area contributed by atoms with Gasteiger partial charge in [-0.1, -0.05) is 30.7 Å². The van der Waals surface area contributed by atoms with E-state index in [2.05, 4.69) is 30.4 Å². The van der Waals surface area contributed by atoms with Gasteiger partial charge in [-0.25, -0.2) is 4.98 Å². The second-order valence-corrected chi connectivity index (χ2v) is 7.19. The van der Waals surface area contributed by atoms with Crippen LogP contribution in [0.4, 0.5) is 0 Å². The molecule has 1 aromatic carbocycles. The average molecular weight is 321 g/mol. The maximum absolute atomic E-state index is 6.31. The van der Waals surface area contributed by atoms with Crippen LogP contribution in [-0.2, 0) is 12.8 Å². The third-order valence-corrected chi connectivity index (χ3v) is 5.62. The Hall–Kier alpha value is -0.900. The number of halogens is 1. The molecule has 0 fully saturated rings. The molecule has 1 N–H and O–H groups in total. The van der Waals surface area contributed by atoms with Crippen LogP contribution < -0.4 is 5.32 Å². The largest absolute Gasteiger partial charge is 0.304 e. The first-order valence-corrected chi connectivity index (χ1v) is 8.86. The molecule has 1 aliphatic carbocycles. The Morgan fingerprint density at radius 2 is 2.24 bits per heavy atom. The van der Waals surface area contributed by atoms with Gasteiger partial charge < -0.3 is 5.32 Å². The van der Waals surface area contributed by atoms with Crippen LogP contribution in [-0.4, -0.2) is 11.5 Å². The molecular formula is C17H21ClN2S. The lowest BCUT2D eigenvalue weighted by Crippen LogP contribution is -2.23. The van der Waals surface area contributed by atoms with Crippen molar-refractivity contribution in [3.05, 3.63) is 49.9 Å². The highest BCUT2D eigenvalue weighted by Crippen LogP contribution is 2.34. The highest BCUT2D eigenvalue weighted by molar-refractivity contribution is 7.11. The van der Waals surface area contributed by atoms with Crippen molar-refractivity contribution in [2.75, 3.05) is 6.54 Å². The van der Waals surface area contributed by atoms with Gasteiger partial charge in [-0.05, 0) is 56.3 Å². The Morgan fingerprint density at radius 3 is 2.95 bits per heavy atom. The smallest absolute Gasteiger partial charge is 0.115 e. The zero-order valence-electron chi connectivity index (χ0n) is 12.6. The van der Waals surface area contributed by atoms with E-state index in [-0.39, 0.29) is 6.04 Å². The zero-order chi connectivity index (χ0) is 14.8. The van der Waals surface area contributed by atoms with Gasteiger partial charge in [0.05, 0.1) is 11.7 Å². The van der Waals surface area contributed by atoms with Crippen LogP contribution in [0.25, 0.3) is 0 Å². The molecular weight excluding hydrogens is 300 g/mol. The van der Waals surface area contributed by atoms with Crippen molar-refractivity contribution in [2.45, 2.75) is 45.6 Å². The van der Waals surface area contributed by atoms with Crippen LogP contribution in [0.2, 0.25) is 5.02 Å². The summed E-state index contributed by atoms with van der Waals surface area (Å²) in [5, 5.41) is 5.65. The molecule has 2 aromatic rings. The van der Waals surface area contributed by atoms with Gasteiger partial charge in [-0.15, -0.1) is 11.3 Å². The minimum absolute atomic E-state index is 0.165. The Balaban J connectivity index is 1.94. The first kappa shape index (κ1) is 15.0. The highest BCUT2D eigenvalue weighted by Gasteiger charge is 2.23. The minimum atomic E-state index is 0.165. The number of nitrogens with one attached hydrogen (secondary N) is 1. The quantitative estimate of drug-likeness (QED) is 0.865. The summed E-state index contributed by atoms with van der Waals surface area (Å²) in [4.78, 5) is 6.36. The summed E-state index contributed by atoms with van der Waals surface area (Å²) in [6, 6.07) is 6.51. The van der Waals surface area contributed by atoms with Crippen molar-refractivity contribution in [1.29, 1.82) is 0 Å². The van der Waals surface area contributed by atoms with Crippen molar-refractivity contribution >= 4 is 22.9 Å². The highest BCUT2D eigenvalue weighted by atomic mass is 35.5. The number of nitrogens with zero attached hydrogens (tertiary/aromatic N) is 1. The van der Waals surface area contributed by atoms with E-state index < -0.39 is 0 Å². The predicted octanol–water partition coefficient (Wildman–Crippen LogP) is 4.68. The van der Waals surface area contributed by atoms with E-state index in [1.807, 2.05) is 18.3 Å². The van der Waals surface area contributed by atoms with E-state index in [1.165, 1.54) is 34.0 Å². The molecule has 1 aliphatic rings. The molecule has 0 spiro atoms. The lowest BCUT2D eigenvalue weighted by Gasteiger charge is -2.17. The molecule has 1 aromatic heterocycles. The molecule has 0 bridgehead atoms. The van der Waals surface area contributed by atoms with Crippen LogP contribution in [0.3, 0.4) is 0 Å². The zero-order valence-corrected chi connectivity index (χ0v) is 14.2. The van der Waals surface area contributed by atoms with Crippen molar-refractivity contribution in [1.82, 2.24) is 10.3 Å². The fraction of sp³-hybridized carbons (Fsp3) is 0.471. The topological polar surface area (TPSA) is 24.9 Å². The third kappa shape index (κ3) is 3.15. The van der Waals surface area contributed by atoms with Crippen LogP contribution in [0.15, 0.2) is 18.2 Å². The van der Waals surface area contributed by atoms with E-state index in [9.17, 15) is 0 Å². The molecule has 4 heteroatoms. The van der Waals surface area contributed by atoms with Crippen LogP contribution in [0.5, 0.6) is 0 Å². The molecule has 0 amide bonds. The van der Waals surface area contributed by atoms with E-state index in [0.717, 1.165) is 30.0 Å². The Labute approximate surface area is 135 Å². The van der Waals surface area contributed by atoms with Crippen molar-refractivity contribution < 1.29 is 0 Å². The van der Waals surface area contributed by atoms with E-state index in [1.54, 1.807) is 0 Å². The van der Waals surface area contributed by atoms with Crippen LogP contribution in [0, 0.1) is 6.92 Å². The predicted molar refractivity (Wildman–Crippen MR) is 90.5 cm³/mol. The maximum atomic E-state index is 6.31. The molecule has 1 unspecified atom stereocenters. The summed E-state index contributed by atoms with van der Waals surface area (Å²) in [7, 11) is 0. The molecule has 21 heavy (non-hydrogen) atoms. The first-order chi connectivity index (χ1) is 10.2. The summed E-state index contributed by atoms with van der Waals surface area (Å²) in [5.41, 5.74) is 3.65. The SMILES string of the molecule is CCCNC(c1ccc(C)c(Cl)c1)c1nc2c(s1)CCC2. The number of aromatic nitrogens is 1. The average Bonchev–Trinajstić information content (AvgIpc) is 3.04. The standard InChI is InChI=1S/C17H21ClN2S/c1-3-9-19-16(12-8-7-11(2)13(18)10-12)17-20-14-5-4-6-15(14)21-17/h7-8,10,16,19H,3-6,9H2,1-2H3. The van der Waals surface area contributed by atoms with Crippen LogP contribution in [0.1, 0.15) is 52.5 Å². The number of benzene rings is 1. The third-order valence-electron chi connectivity index (χ3n) is 3.99. The van der Waals surface area contributed by atoms with E-state index in [4.69, 9.17) is 16.6 Å². The Kier molecular flexibility index (Phi) is 4.63. The number of thiazole rings is 1. The van der Waals surface area contributed by atoms with Gasteiger partial charge in [0.25, 0.3) is 0 Å². The monoisotopic (exact) mass is 320 g/mol. The Morgan fingerprint density at radius 1 is 1.38 bits per heavy atom. The second-order valence-electron chi connectivity index (χ2n) is 5.67. The van der Waals surface area contributed by atoms with Crippen LogP contribution >= 0.6 is 22.9 Å². The molecule has 0 saturated heterocycles. The normalized spacial score (nSPS) is 15.2. The minimum Gasteiger partial charge on any atom is -0.304 e. The van der Waals surface area contributed by atoms with Crippen molar-refractivity contribution in [3.8, 4) is 0 Å². The Bertz CT molecular complexity index is 614. The lowest BCUT2D eigenvalue weighted by atomic mass is 10.1. The summed E-state index contributed by atoms with van der Waals surface area (Å²) >= 11 is 8.18. The summed E-state index contributed by atoms with van der Waals surface area (Å²) in [6.45, 7) is 5.22. The van der Waals surface area contributed by atoms with Crippen molar-refractivity contribution in [2.24, 2.45) is 0 Å². The number of aryl methyl sites for hydroxylation is 3. The van der Waals surface area contributed by atoms with Gasteiger partial charge >= 0.3 is 0 Å². The second kappa shape index (κ2) is 6.47. The van der Waals surface area contributed by atoms with Gasteiger partial charge in [0.1, 0.15) is 5.01 Å². The molecule has 0 saturated carbocycles. The maximum Gasteiger partial charge on any atom is 0.115 e. The summed E-state index contributed by atoms with van der Waals surface area (Å²) in [6.07, 6.45) is 4.71. The van der Waals surface area contributed by atoms with Gasteiger partial charge in [0.15, 0.2) is 0 Å². The molecule has 112 valence electrons. The van der Waals surface area contributed by atoms with Gasteiger partial charge in [0, 0.05) is 9.90 Å². The van der Waals surface area contributed by atoms with Crippen molar-refractivity contribution in [3.63, 3.8) is 0 Å². The van der Waals surface area contributed by atoms with Gasteiger partial charge in [-0.2, -0.15) is 0 Å². The number of hydrogen-bond acceptors (Lipinski definition) is 3. The fourth-order valence-corrected chi connectivity index (χ4v) is 4.21. The van der Waals surface area contributed by atoms with Gasteiger partial charge in [0.2, 0.25) is 0 Å². The molecule has 0 radical (unpaired) electrons. The number of fused-ring (bicyclic) bond motifs is 1. The molecule has 2 nitrogen and oxygen atoms in total. The fourth-order valence-electron chi connectivity index (χ4n) is 2.76. The molecule has 1 atom stereocenters. The first-order valence-electron chi connectivity index (χ1n) is 7.67. The summed E-state index contributed by atoms with van der Waals surface area (Å²) < 4.78 is 0. The number of hydrogen-bond donors (Lipinski definition) is 1. The molecule has 3 rings (SSSR count). The van der Waals surface area contributed by atoms with E-state index in [0.29, 0.717) is 0 Å². The molecule has 0 aliphatic heterocycles.